The van der Waals surface area contributed by atoms with E-state index in [0.29, 0.717) is 0 Å². The highest BCUT2D eigenvalue weighted by Gasteiger charge is 2.27. The average molecular weight is 476 g/mol. The van der Waals surface area contributed by atoms with E-state index in [1.807, 2.05) is 18.8 Å². The zero-order valence-electron chi connectivity index (χ0n) is 16.5. The molecule has 2 aliphatic rings. The molecule has 3 heterocycles. The molecule has 0 saturated carbocycles. The van der Waals surface area contributed by atoms with Gasteiger partial charge in [-0.3, -0.25) is 14.6 Å². The summed E-state index contributed by atoms with van der Waals surface area (Å²) in [5.41, 5.74) is 3.58. The first kappa shape index (κ1) is 21.4. The van der Waals surface area contributed by atoms with Crippen molar-refractivity contribution in [2.75, 3.05) is 53.0 Å². The maximum atomic E-state index is 5.45. The SMILES string of the molecule is CN=C(NCc1c(C)nn(C)c1C)N1CCC(CN2CCOCC2)C1.I. The Balaban J connectivity index is 0.00000243. The zero-order valence-corrected chi connectivity index (χ0v) is 18.8. The third-order valence-electron chi connectivity index (χ3n) is 5.50. The van der Waals surface area contributed by atoms with E-state index < -0.39 is 0 Å². The molecule has 0 bridgehead atoms. The molecule has 1 aromatic heterocycles. The molecule has 26 heavy (non-hydrogen) atoms. The number of rotatable bonds is 4. The van der Waals surface area contributed by atoms with Gasteiger partial charge in [0.1, 0.15) is 0 Å². The van der Waals surface area contributed by atoms with Crippen LogP contribution >= 0.6 is 24.0 Å². The van der Waals surface area contributed by atoms with Crippen LogP contribution in [0.2, 0.25) is 0 Å². The largest absolute Gasteiger partial charge is 0.379 e. The summed E-state index contributed by atoms with van der Waals surface area (Å²) in [6.07, 6.45) is 1.24. The first-order chi connectivity index (χ1) is 12.1. The molecular formula is C18H33IN6O. The van der Waals surface area contributed by atoms with Crippen molar-refractivity contribution < 1.29 is 4.74 Å². The molecule has 0 spiro atoms. The van der Waals surface area contributed by atoms with Crippen molar-refractivity contribution in [2.24, 2.45) is 18.0 Å². The highest BCUT2D eigenvalue weighted by Crippen LogP contribution is 2.19. The van der Waals surface area contributed by atoms with Crippen LogP contribution in [-0.4, -0.2) is 78.5 Å². The molecule has 8 heteroatoms. The summed E-state index contributed by atoms with van der Waals surface area (Å²) < 4.78 is 7.40. The number of likely N-dealkylation sites (tertiary alicyclic amines) is 1. The molecule has 148 valence electrons. The summed E-state index contributed by atoms with van der Waals surface area (Å²) in [5.74, 6) is 1.73. The number of aryl methyl sites for hydroxylation is 2. The van der Waals surface area contributed by atoms with Gasteiger partial charge in [-0.05, 0) is 26.2 Å². The van der Waals surface area contributed by atoms with Crippen molar-refractivity contribution in [3.63, 3.8) is 0 Å². The number of aromatic nitrogens is 2. The van der Waals surface area contributed by atoms with Gasteiger partial charge in [0.15, 0.2) is 5.96 Å². The average Bonchev–Trinajstić information content (AvgIpc) is 3.16. The van der Waals surface area contributed by atoms with Gasteiger partial charge < -0.3 is 15.0 Å². The van der Waals surface area contributed by atoms with Gasteiger partial charge in [0.25, 0.3) is 0 Å². The molecule has 2 fully saturated rings. The van der Waals surface area contributed by atoms with E-state index in [2.05, 4.69) is 39.1 Å². The fourth-order valence-corrected chi connectivity index (χ4v) is 3.90. The van der Waals surface area contributed by atoms with Crippen LogP contribution in [0.15, 0.2) is 4.99 Å². The summed E-state index contributed by atoms with van der Waals surface area (Å²) in [6.45, 7) is 12.2. The lowest BCUT2D eigenvalue weighted by molar-refractivity contribution is 0.0315. The molecule has 1 N–H and O–H groups in total. The molecule has 1 aromatic rings. The number of nitrogens with one attached hydrogen (secondary N) is 1. The summed E-state index contributed by atoms with van der Waals surface area (Å²) in [6, 6.07) is 0. The highest BCUT2D eigenvalue weighted by molar-refractivity contribution is 14.0. The van der Waals surface area contributed by atoms with Gasteiger partial charge in [-0.25, -0.2) is 0 Å². The summed E-state index contributed by atoms with van der Waals surface area (Å²) in [7, 11) is 3.87. The van der Waals surface area contributed by atoms with Gasteiger partial charge in [0, 0.05) is 64.6 Å². The minimum absolute atomic E-state index is 0. The number of guanidine groups is 1. The number of ether oxygens (including phenoxy) is 1. The number of hydrogen-bond donors (Lipinski definition) is 1. The van der Waals surface area contributed by atoms with E-state index in [-0.39, 0.29) is 24.0 Å². The highest BCUT2D eigenvalue weighted by atomic mass is 127. The lowest BCUT2D eigenvalue weighted by atomic mass is 10.1. The van der Waals surface area contributed by atoms with Gasteiger partial charge in [-0.2, -0.15) is 5.10 Å². The monoisotopic (exact) mass is 476 g/mol. The van der Waals surface area contributed by atoms with Crippen LogP contribution < -0.4 is 5.32 Å². The molecule has 2 aliphatic heterocycles. The lowest BCUT2D eigenvalue weighted by Crippen LogP contribution is -2.42. The molecule has 1 atom stereocenters. The first-order valence-electron chi connectivity index (χ1n) is 9.33. The topological polar surface area (TPSA) is 57.9 Å². The third-order valence-corrected chi connectivity index (χ3v) is 5.50. The molecular weight excluding hydrogens is 443 g/mol. The molecule has 1 unspecified atom stereocenters. The van der Waals surface area contributed by atoms with Crippen molar-refractivity contribution in [2.45, 2.75) is 26.8 Å². The van der Waals surface area contributed by atoms with Crippen molar-refractivity contribution in [3.8, 4) is 0 Å². The van der Waals surface area contributed by atoms with E-state index in [1.165, 1.54) is 24.2 Å². The predicted molar refractivity (Wildman–Crippen MR) is 115 cm³/mol. The second kappa shape index (κ2) is 9.89. The Labute approximate surface area is 174 Å². The quantitative estimate of drug-likeness (QED) is 0.405. The Morgan fingerprint density at radius 3 is 2.62 bits per heavy atom. The number of morpholine rings is 1. The molecule has 0 aromatic carbocycles. The van der Waals surface area contributed by atoms with E-state index >= 15 is 0 Å². The molecule has 0 aliphatic carbocycles. The minimum Gasteiger partial charge on any atom is -0.379 e. The maximum absolute atomic E-state index is 5.45. The number of halogens is 1. The van der Waals surface area contributed by atoms with Crippen LogP contribution in [0.4, 0.5) is 0 Å². The van der Waals surface area contributed by atoms with Crippen molar-refractivity contribution >= 4 is 29.9 Å². The zero-order chi connectivity index (χ0) is 17.8. The Morgan fingerprint density at radius 1 is 1.27 bits per heavy atom. The normalized spacial score (nSPS) is 21.8. The van der Waals surface area contributed by atoms with E-state index in [0.717, 1.165) is 63.5 Å². The predicted octanol–water partition coefficient (Wildman–Crippen LogP) is 1.38. The summed E-state index contributed by atoms with van der Waals surface area (Å²) in [5, 5.41) is 8.03. The van der Waals surface area contributed by atoms with Crippen molar-refractivity contribution in [1.29, 1.82) is 0 Å². The third kappa shape index (κ3) is 5.10. The number of nitrogens with zero attached hydrogens (tertiary/aromatic N) is 5. The Kier molecular flexibility index (Phi) is 8.15. The van der Waals surface area contributed by atoms with Crippen LogP contribution in [0.25, 0.3) is 0 Å². The molecule has 3 rings (SSSR count). The van der Waals surface area contributed by atoms with E-state index in [4.69, 9.17) is 4.74 Å². The fourth-order valence-electron chi connectivity index (χ4n) is 3.90. The van der Waals surface area contributed by atoms with Crippen molar-refractivity contribution in [3.05, 3.63) is 17.0 Å². The van der Waals surface area contributed by atoms with Crippen LogP contribution in [0.3, 0.4) is 0 Å². The fraction of sp³-hybridized carbons (Fsp3) is 0.778. The minimum atomic E-state index is 0. The lowest BCUT2D eigenvalue weighted by Gasteiger charge is -2.29. The van der Waals surface area contributed by atoms with Crippen LogP contribution in [0.5, 0.6) is 0 Å². The number of aliphatic imine (C=N–C) groups is 1. The second-order valence-electron chi connectivity index (χ2n) is 7.19. The smallest absolute Gasteiger partial charge is 0.193 e. The molecule has 0 amide bonds. The van der Waals surface area contributed by atoms with E-state index in [1.54, 1.807) is 0 Å². The summed E-state index contributed by atoms with van der Waals surface area (Å²) >= 11 is 0. The molecule has 7 nitrogen and oxygen atoms in total. The Hall–Kier alpha value is -0.870. The van der Waals surface area contributed by atoms with Crippen molar-refractivity contribution in [1.82, 2.24) is 24.9 Å². The second-order valence-corrected chi connectivity index (χ2v) is 7.19. The van der Waals surface area contributed by atoms with Gasteiger partial charge >= 0.3 is 0 Å². The van der Waals surface area contributed by atoms with Gasteiger partial charge in [0.2, 0.25) is 0 Å². The Morgan fingerprint density at radius 2 is 2.00 bits per heavy atom. The summed E-state index contributed by atoms with van der Waals surface area (Å²) in [4.78, 5) is 9.44. The van der Waals surface area contributed by atoms with Crippen LogP contribution in [-0.2, 0) is 18.3 Å². The number of hydrogen-bond acceptors (Lipinski definition) is 4. The van der Waals surface area contributed by atoms with Crippen LogP contribution in [0.1, 0.15) is 23.4 Å². The van der Waals surface area contributed by atoms with E-state index in [9.17, 15) is 0 Å². The van der Waals surface area contributed by atoms with Crippen LogP contribution in [0, 0.1) is 19.8 Å². The molecule has 0 radical (unpaired) electrons. The standard InChI is InChI=1S/C18H32N6O.HI/c1-14-17(15(2)22(4)21-14)11-20-18(19-3)24-6-5-16(13-24)12-23-7-9-25-10-8-23;/h16H,5-13H2,1-4H3,(H,19,20);1H. The Bertz CT molecular complexity index is 611. The first-order valence-corrected chi connectivity index (χ1v) is 9.33. The maximum Gasteiger partial charge on any atom is 0.193 e. The van der Waals surface area contributed by atoms with Gasteiger partial charge in [-0.1, -0.05) is 0 Å². The van der Waals surface area contributed by atoms with Gasteiger partial charge in [0.05, 0.1) is 18.9 Å². The van der Waals surface area contributed by atoms with Gasteiger partial charge in [-0.15, -0.1) is 24.0 Å². The molecule has 2 saturated heterocycles.